The molecule has 3 rings (SSSR count). The maximum absolute atomic E-state index is 12.6. The summed E-state index contributed by atoms with van der Waals surface area (Å²) in [5, 5.41) is 0. The maximum Gasteiger partial charge on any atom is 0.305 e. The lowest BCUT2D eigenvalue weighted by Crippen LogP contribution is -2.50. The van der Waals surface area contributed by atoms with Crippen molar-refractivity contribution < 1.29 is 14.0 Å². The molecular weight excluding hydrogens is 368 g/mol. The van der Waals surface area contributed by atoms with Crippen molar-refractivity contribution in [1.82, 2.24) is 20.7 Å². The van der Waals surface area contributed by atoms with E-state index >= 15 is 0 Å². The van der Waals surface area contributed by atoms with Crippen molar-refractivity contribution in [1.29, 1.82) is 0 Å². The molecule has 156 valence electrons. The van der Waals surface area contributed by atoms with Gasteiger partial charge in [0.1, 0.15) is 5.76 Å². The molecule has 0 saturated carbocycles. The topological polar surface area (TPSA) is 77.8 Å². The molecule has 1 saturated heterocycles. The van der Waals surface area contributed by atoms with Crippen molar-refractivity contribution in [3.63, 3.8) is 0 Å². The Kier molecular flexibility index (Phi) is 7.43. The van der Waals surface area contributed by atoms with Gasteiger partial charge in [-0.05, 0) is 50.2 Å². The Morgan fingerprint density at radius 3 is 2.59 bits per heavy atom. The van der Waals surface area contributed by atoms with Crippen molar-refractivity contribution in [2.75, 3.05) is 19.6 Å². The zero-order chi connectivity index (χ0) is 20.6. The first-order chi connectivity index (χ1) is 14.1. The molecule has 2 heterocycles. The van der Waals surface area contributed by atoms with Gasteiger partial charge in [0, 0.05) is 6.54 Å². The second-order valence-corrected chi connectivity index (χ2v) is 7.28. The summed E-state index contributed by atoms with van der Waals surface area (Å²) < 4.78 is 5.62. The highest BCUT2D eigenvalue weighted by Crippen LogP contribution is 2.20. The zero-order valence-electron chi connectivity index (χ0n) is 17.2. The van der Waals surface area contributed by atoms with Crippen LogP contribution >= 0.6 is 0 Å². The molecule has 2 amide bonds. The van der Waals surface area contributed by atoms with Gasteiger partial charge in [0.25, 0.3) is 5.91 Å². The zero-order valence-corrected chi connectivity index (χ0v) is 17.2. The van der Waals surface area contributed by atoms with E-state index in [4.69, 9.17) is 4.42 Å². The van der Waals surface area contributed by atoms with Gasteiger partial charge in [0.05, 0.1) is 12.6 Å². The Morgan fingerprint density at radius 1 is 1.10 bits per heavy atom. The number of hydrazine groups is 1. The number of amides is 2. The van der Waals surface area contributed by atoms with E-state index in [0.717, 1.165) is 44.8 Å². The molecule has 0 bridgehead atoms. The first-order valence-electron chi connectivity index (χ1n) is 10.3. The van der Waals surface area contributed by atoms with Crippen molar-refractivity contribution in [3.05, 3.63) is 59.5 Å². The van der Waals surface area contributed by atoms with Crippen LogP contribution in [-0.2, 0) is 17.9 Å². The fraction of sp³-hybridized carbons (Fsp3) is 0.455. The highest BCUT2D eigenvalue weighted by Gasteiger charge is 2.31. The number of hydrogen-bond acceptors (Lipinski definition) is 5. The standard InChI is InChI=1S/C22H30N4O3/c1-3-25(4-2)16-18-12-13-20(29-18)22(28)24-23-21(27)19-11-8-14-26(19)15-17-9-6-5-7-10-17/h5-7,9-10,12-13,19H,3-4,8,11,14-16H2,1-2H3,(H,23,27)(H,24,28). The van der Waals surface area contributed by atoms with Crippen LogP contribution in [0.5, 0.6) is 0 Å². The van der Waals surface area contributed by atoms with Gasteiger partial charge in [0.2, 0.25) is 0 Å². The Balaban J connectivity index is 1.50. The van der Waals surface area contributed by atoms with Gasteiger partial charge >= 0.3 is 5.91 Å². The van der Waals surface area contributed by atoms with Crippen LogP contribution in [0.4, 0.5) is 0 Å². The summed E-state index contributed by atoms with van der Waals surface area (Å²) in [7, 11) is 0. The third-order valence-corrected chi connectivity index (χ3v) is 5.35. The van der Waals surface area contributed by atoms with E-state index in [9.17, 15) is 9.59 Å². The molecule has 2 aromatic rings. The molecular formula is C22H30N4O3. The quantitative estimate of drug-likeness (QED) is 0.668. The third-order valence-electron chi connectivity index (χ3n) is 5.35. The predicted molar refractivity (Wildman–Crippen MR) is 111 cm³/mol. The lowest BCUT2D eigenvalue weighted by molar-refractivity contribution is -0.126. The lowest BCUT2D eigenvalue weighted by Gasteiger charge is -2.23. The molecule has 7 heteroatoms. The molecule has 0 aliphatic carbocycles. The summed E-state index contributed by atoms with van der Waals surface area (Å²) in [5.41, 5.74) is 6.22. The van der Waals surface area contributed by atoms with E-state index in [1.165, 1.54) is 5.56 Å². The summed E-state index contributed by atoms with van der Waals surface area (Å²) in [5.74, 6) is 0.286. The van der Waals surface area contributed by atoms with Crippen LogP contribution in [0.1, 0.15) is 48.6 Å². The van der Waals surface area contributed by atoms with Crippen molar-refractivity contribution in [2.45, 2.75) is 45.8 Å². The Hall–Kier alpha value is -2.64. The van der Waals surface area contributed by atoms with Crippen LogP contribution in [0.2, 0.25) is 0 Å². The second-order valence-electron chi connectivity index (χ2n) is 7.28. The SMILES string of the molecule is CCN(CC)Cc1ccc(C(=O)NNC(=O)C2CCCN2Cc2ccccc2)o1. The normalized spacial score (nSPS) is 16.9. The summed E-state index contributed by atoms with van der Waals surface area (Å²) in [6, 6.07) is 13.3. The molecule has 1 fully saturated rings. The molecule has 1 atom stereocenters. The fourth-order valence-corrected chi connectivity index (χ4v) is 3.65. The predicted octanol–water partition coefficient (Wildman–Crippen LogP) is 2.55. The first kappa shape index (κ1) is 21.1. The maximum atomic E-state index is 12.6. The van der Waals surface area contributed by atoms with Gasteiger partial charge in [-0.2, -0.15) is 0 Å². The lowest BCUT2D eigenvalue weighted by atomic mass is 10.2. The number of nitrogens with zero attached hydrogens (tertiary/aromatic N) is 2. The van der Waals surface area contributed by atoms with Crippen molar-refractivity contribution >= 4 is 11.8 Å². The van der Waals surface area contributed by atoms with Crippen LogP contribution < -0.4 is 10.9 Å². The Labute approximate surface area is 172 Å². The number of nitrogens with one attached hydrogen (secondary N) is 2. The molecule has 7 nitrogen and oxygen atoms in total. The minimum Gasteiger partial charge on any atom is -0.454 e. The number of carbonyl (C=O) groups is 2. The second kappa shape index (κ2) is 10.2. The van der Waals surface area contributed by atoms with Gasteiger partial charge in [-0.1, -0.05) is 44.2 Å². The van der Waals surface area contributed by atoms with E-state index in [-0.39, 0.29) is 17.7 Å². The van der Waals surface area contributed by atoms with Crippen LogP contribution in [-0.4, -0.2) is 47.3 Å². The first-order valence-corrected chi connectivity index (χ1v) is 10.3. The van der Waals surface area contributed by atoms with E-state index in [2.05, 4.69) is 46.6 Å². The van der Waals surface area contributed by atoms with Crippen LogP contribution in [0.15, 0.2) is 46.9 Å². The van der Waals surface area contributed by atoms with E-state index in [1.807, 2.05) is 18.2 Å². The van der Waals surface area contributed by atoms with E-state index < -0.39 is 5.91 Å². The smallest absolute Gasteiger partial charge is 0.305 e. The number of rotatable bonds is 8. The van der Waals surface area contributed by atoms with Gasteiger partial charge in [-0.15, -0.1) is 0 Å². The Bertz CT molecular complexity index is 801. The van der Waals surface area contributed by atoms with Gasteiger partial charge in [-0.25, -0.2) is 0 Å². The number of hydrogen-bond donors (Lipinski definition) is 2. The molecule has 1 aromatic carbocycles. The van der Waals surface area contributed by atoms with Gasteiger partial charge in [-0.3, -0.25) is 30.2 Å². The third kappa shape index (κ3) is 5.68. The minimum absolute atomic E-state index is 0.193. The molecule has 1 aromatic heterocycles. The number of likely N-dealkylation sites (tertiary alicyclic amines) is 1. The minimum atomic E-state index is -0.447. The fourth-order valence-electron chi connectivity index (χ4n) is 3.65. The molecule has 1 aliphatic rings. The summed E-state index contributed by atoms with van der Waals surface area (Å²) in [6.07, 6.45) is 1.75. The molecule has 29 heavy (non-hydrogen) atoms. The van der Waals surface area contributed by atoms with Gasteiger partial charge in [0.15, 0.2) is 5.76 Å². The number of furan rings is 1. The van der Waals surface area contributed by atoms with Crippen LogP contribution in [0.3, 0.4) is 0 Å². The number of carbonyl (C=O) groups excluding carboxylic acids is 2. The highest BCUT2D eigenvalue weighted by molar-refractivity contribution is 5.93. The van der Waals surface area contributed by atoms with E-state index in [1.54, 1.807) is 12.1 Å². The van der Waals surface area contributed by atoms with Gasteiger partial charge < -0.3 is 4.42 Å². The van der Waals surface area contributed by atoms with Crippen LogP contribution in [0, 0.1) is 0 Å². The molecule has 1 unspecified atom stereocenters. The largest absolute Gasteiger partial charge is 0.454 e. The molecule has 0 radical (unpaired) electrons. The average molecular weight is 399 g/mol. The summed E-state index contributed by atoms with van der Waals surface area (Å²) in [4.78, 5) is 29.3. The highest BCUT2D eigenvalue weighted by atomic mass is 16.4. The molecule has 1 aliphatic heterocycles. The summed E-state index contributed by atoms with van der Waals surface area (Å²) in [6.45, 7) is 8.24. The monoisotopic (exact) mass is 398 g/mol. The molecule has 0 spiro atoms. The Morgan fingerprint density at radius 2 is 1.86 bits per heavy atom. The summed E-state index contributed by atoms with van der Waals surface area (Å²) >= 11 is 0. The molecule has 2 N–H and O–H groups in total. The van der Waals surface area contributed by atoms with Crippen molar-refractivity contribution in [3.8, 4) is 0 Å². The van der Waals surface area contributed by atoms with E-state index in [0.29, 0.717) is 6.54 Å². The average Bonchev–Trinajstić information content (AvgIpc) is 3.40. The van der Waals surface area contributed by atoms with Crippen LogP contribution in [0.25, 0.3) is 0 Å². The van der Waals surface area contributed by atoms with Crippen molar-refractivity contribution in [2.24, 2.45) is 0 Å². The number of benzene rings is 1.